The largest absolute Gasteiger partial charge is 0.451 e. The lowest BCUT2D eigenvalue weighted by atomic mass is 9.90. The lowest BCUT2D eigenvalue weighted by Gasteiger charge is -2.34. The molecule has 2 aliphatic rings. The summed E-state index contributed by atoms with van der Waals surface area (Å²) in [5.41, 5.74) is 1.25. The van der Waals surface area contributed by atoms with E-state index in [2.05, 4.69) is 6.92 Å². The molecule has 25 heavy (non-hydrogen) atoms. The number of esters is 1. The number of hydrogen-bond donors (Lipinski definition) is 0. The van der Waals surface area contributed by atoms with Crippen molar-refractivity contribution < 1.29 is 19.1 Å². The van der Waals surface area contributed by atoms with Gasteiger partial charge in [0.1, 0.15) is 4.88 Å². The first-order valence-electron chi connectivity index (χ1n) is 8.76. The molecule has 7 heteroatoms. The fourth-order valence-corrected chi connectivity index (χ4v) is 4.47. The first-order chi connectivity index (χ1) is 11.9. The molecule has 2 amide bonds. The van der Waals surface area contributed by atoms with Crippen molar-refractivity contribution in [2.24, 2.45) is 5.92 Å². The maximum Gasteiger partial charge on any atom is 0.348 e. The summed E-state index contributed by atoms with van der Waals surface area (Å²) in [5, 5.41) is 0. The van der Waals surface area contributed by atoms with Gasteiger partial charge in [0.2, 0.25) is 5.91 Å². The molecule has 1 aliphatic carbocycles. The zero-order chi connectivity index (χ0) is 18.0. The van der Waals surface area contributed by atoms with Crippen molar-refractivity contribution in [2.45, 2.75) is 33.1 Å². The van der Waals surface area contributed by atoms with E-state index in [1.165, 1.54) is 28.7 Å². The Morgan fingerprint density at radius 1 is 1.20 bits per heavy atom. The zero-order valence-electron chi connectivity index (χ0n) is 14.7. The number of carbonyl (C=O) groups excluding carboxylic acids is 3. The molecule has 1 atom stereocenters. The van der Waals surface area contributed by atoms with Crippen molar-refractivity contribution in [3.05, 3.63) is 21.4 Å². The number of hydrogen-bond acceptors (Lipinski definition) is 5. The monoisotopic (exact) mass is 364 g/mol. The van der Waals surface area contributed by atoms with Crippen LogP contribution in [0.4, 0.5) is 0 Å². The highest BCUT2D eigenvalue weighted by Gasteiger charge is 2.25. The Labute approximate surface area is 151 Å². The summed E-state index contributed by atoms with van der Waals surface area (Å²) in [6, 6.07) is 1.92. The van der Waals surface area contributed by atoms with E-state index >= 15 is 0 Å². The Morgan fingerprint density at radius 2 is 1.88 bits per heavy atom. The van der Waals surface area contributed by atoms with E-state index in [0.29, 0.717) is 37.0 Å². The average molecular weight is 364 g/mol. The van der Waals surface area contributed by atoms with Gasteiger partial charge in [0.05, 0.1) is 0 Å². The molecule has 0 radical (unpaired) electrons. The normalized spacial score (nSPS) is 20.2. The fraction of sp³-hybridized carbons (Fsp3) is 0.611. The van der Waals surface area contributed by atoms with Gasteiger partial charge in [-0.3, -0.25) is 9.59 Å². The van der Waals surface area contributed by atoms with Gasteiger partial charge in [0.25, 0.3) is 5.91 Å². The van der Waals surface area contributed by atoms with Gasteiger partial charge in [-0.25, -0.2) is 4.79 Å². The third-order valence-corrected chi connectivity index (χ3v) is 6.15. The minimum atomic E-state index is -0.414. The predicted molar refractivity (Wildman–Crippen MR) is 94.6 cm³/mol. The Hall–Kier alpha value is -1.89. The number of thiophene rings is 1. The van der Waals surface area contributed by atoms with E-state index < -0.39 is 5.97 Å². The second kappa shape index (κ2) is 7.56. The summed E-state index contributed by atoms with van der Waals surface area (Å²) < 4.78 is 5.22. The van der Waals surface area contributed by atoms with E-state index in [0.717, 1.165) is 19.3 Å². The molecule has 6 nitrogen and oxygen atoms in total. The summed E-state index contributed by atoms with van der Waals surface area (Å²) in [6.07, 6.45) is 3.19. The molecule has 3 rings (SSSR count). The topological polar surface area (TPSA) is 66.9 Å². The van der Waals surface area contributed by atoms with Crippen molar-refractivity contribution in [2.75, 3.05) is 32.8 Å². The summed E-state index contributed by atoms with van der Waals surface area (Å²) >= 11 is 1.49. The smallest absolute Gasteiger partial charge is 0.348 e. The number of nitrogens with zero attached hydrogens (tertiary/aromatic N) is 2. The van der Waals surface area contributed by atoms with E-state index in [4.69, 9.17) is 4.74 Å². The van der Waals surface area contributed by atoms with E-state index in [1.807, 2.05) is 6.07 Å². The molecule has 0 unspecified atom stereocenters. The summed E-state index contributed by atoms with van der Waals surface area (Å²) in [4.78, 5) is 41.0. The Morgan fingerprint density at radius 3 is 2.56 bits per heavy atom. The highest BCUT2D eigenvalue weighted by atomic mass is 32.1. The maximum atomic E-state index is 12.2. The van der Waals surface area contributed by atoms with Gasteiger partial charge in [-0.1, -0.05) is 6.92 Å². The molecule has 136 valence electrons. The number of aryl methyl sites for hydroxylation is 1. The van der Waals surface area contributed by atoms with Crippen LogP contribution >= 0.6 is 11.3 Å². The van der Waals surface area contributed by atoms with Gasteiger partial charge in [-0.2, -0.15) is 0 Å². The van der Waals surface area contributed by atoms with Gasteiger partial charge in [0.15, 0.2) is 6.61 Å². The molecule has 0 saturated carbocycles. The highest BCUT2D eigenvalue weighted by Crippen LogP contribution is 2.32. The van der Waals surface area contributed by atoms with Gasteiger partial charge >= 0.3 is 5.97 Å². The summed E-state index contributed by atoms with van der Waals surface area (Å²) in [7, 11) is 0. The molecule has 1 saturated heterocycles. The Kier molecular flexibility index (Phi) is 5.42. The molecule has 0 N–H and O–H groups in total. The molecule has 2 heterocycles. The van der Waals surface area contributed by atoms with Crippen LogP contribution in [0.5, 0.6) is 0 Å². The molecule has 0 bridgehead atoms. The Balaban J connectivity index is 1.49. The lowest BCUT2D eigenvalue weighted by molar-refractivity contribution is -0.140. The summed E-state index contributed by atoms with van der Waals surface area (Å²) in [6.45, 7) is 5.56. The average Bonchev–Trinajstić information content (AvgIpc) is 3.02. The quantitative estimate of drug-likeness (QED) is 0.766. The molecular weight excluding hydrogens is 340 g/mol. The Bertz CT molecular complexity index is 677. The van der Waals surface area contributed by atoms with Crippen molar-refractivity contribution in [3.8, 4) is 0 Å². The lowest BCUT2D eigenvalue weighted by Crippen LogP contribution is -2.51. The van der Waals surface area contributed by atoms with Crippen LogP contribution in [0.15, 0.2) is 6.07 Å². The van der Waals surface area contributed by atoms with Crippen LogP contribution in [0, 0.1) is 5.92 Å². The molecule has 0 aromatic carbocycles. The van der Waals surface area contributed by atoms with Crippen LogP contribution < -0.4 is 0 Å². The second-order valence-corrected chi connectivity index (χ2v) is 8.01. The minimum Gasteiger partial charge on any atom is -0.451 e. The number of ether oxygens (including phenoxy) is 1. The SMILES string of the molecule is CC(=O)N1CCN(C(=O)COC(=O)c2cc3c(s2)CC[C@H](C)C3)CC1. The fourth-order valence-electron chi connectivity index (χ4n) is 3.37. The first kappa shape index (κ1) is 17.9. The number of piperazine rings is 1. The third kappa shape index (κ3) is 4.21. The molecule has 0 spiro atoms. The van der Waals surface area contributed by atoms with Crippen LogP contribution in [-0.2, 0) is 27.2 Å². The van der Waals surface area contributed by atoms with E-state index in [1.54, 1.807) is 9.80 Å². The van der Waals surface area contributed by atoms with Crippen LogP contribution in [0.3, 0.4) is 0 Å². The van der Waals surface area contributed by atoms with Crippen LogP contribution in [0.2, 0.25) is 0 Å². The minimum absolute atomic E-state index is 0.0227. The second-order valence-electron chi connectivity index (χ2n) is 6.87. The molecule has 1 aliphatic heterocycles. The molecular formula is C18H24N2O4S. The summed E-state index contributed by atoms with van der Waals surface area (Å²) in [5.74, 6) is 0.0602. The molecule has 1 fully saturated rings. The number of carbonyl (C=O) groups is 3. The van der Waals surface area contributed by atoms with Crippen molar-refractivity contribution in [3.63, 3.8) is 0 Å². The van der Waals surface area contributed by atoms with Crippen molar-refractivity contribution in [1.29, 1.82) is 0 Å². The van der Waals surface area contributed by atoms with Gasteiger partial charge in [-0.05, 0) is 36.8 Å². The standard InChI is InChI=1S/C18H24N2O4S/c1-12-3-4-15-14(9-12)10-16(25-15)18(23)24-11-17(22)20-7-5-19(6-8-20)13(2)21/h10,12H,3-9,11H2,1-2H3/t12-/m0/s1. The van der Waals surface area contributed by atoms with Crippen molar-refractivity contribution >= 4 is 29.1 Å². The van der Waals surface area contributed by atoms with Gasteiger partial charge in [0, 0.05) is 38.0 Å². The van der Waals surface area contributed by atoms with E-state index in [-0.39, 0.29) is 18.4 Å². The van der Waals surface area contributed by atoms with E-state index in [9.17, 15) is 14.4 Å². The number of fused-ring (bicyclic) bond motifs is 1. The first-order valence-corrected chi connectivity index (χ1v) is 9.57. The van der Waals surface area contributed by atoms with Crippen LogP contribution in [0.25, 0.3) is 0 Å². The van der Waals surface area contributed by atoms with Gasteiger partial charge in [-0.15, -0.1) is 11.3 Å². The van der Waals surface area contributed by atoms with Crippen LogP contribution in [-0.4, -0.2) is 60.4 Å². The van der Waals surface area contributed by atoms with Gasteiger partial charge < -0.3 is 14.5 Å². The molecule has 1 aromatic rings. The zero-order valence-corrected chi connectivity index (χ0v) is 15.6. The third-order valence-electron chi connectivity index (χ3n) is 4.93. The highest BCUT2D eigenvalue weighted by molar-refractivity contribution is 7.14. The number of amides is 2. The van der Waals surface area contributed by atoms with Crippen LogP contribution in [0.1, 0.15) is 40.4 Å². The number of rotatable bonds is 3. The van der Waals surface area contributed by atoms with Crippen molar-refractivity contribution in [1.82, 2.24) is 9.80 Å². The molecule has 1 aromatic heterocycles. The maximum absolute atomic E-state index is 12.2. The predicted octanol–water partition coefficient (Wildman–Crippen LogP) is 1.72.